The zero-order valence-electron chi connectivity index (χ0n) is 20.7. The molecule has 1 atom stereocenters. The molecule has 1 amide bonds. The highest BCUT2D eigenvalue weighted by Gasteiger charge is 2.43. The van der Waals surface area contributed by atoms with Crippen LogP contribution in [0.1, 0.15) is 50.7 Å². The van der Waals surface area contributed by atoms with E-state index in [1.165, 1.54) is 0 Å². The first-order valence-corrected chi connectivity index (χ1v) is 11.5. The molecular formula is C28H32N2O4. The molecule has 1 heterocycles. The molecule has 2 aliphatic rings. The summed E-state index contributed by atoms with van der Waals surface area (Å²) in [5.41, 5.74) is 5.09. The van der Waals surface area contributed by atoms with Crippen LogP contribution in [0.2, 0.25) is 0 Å². The maximum Gasteiger partial charge on any atom is 0.254 e. The van der Waals surface area contributed by atoms with Crippen LogP contribution >= 0.6 is 0 Å². The van der Waals surface area contributed by atoms with Crippen molar-refractivity contribution in [2.45, 2.75) is 46.5 Å². The number of para-hydroxylation sites is 1. The standard InChI is InChI=1S/C28H32N2O4/c1-16-9-7-8-10-20(16)30-27(32)24-17(2)29-21-14-28(3,4)15-22(31)26(21)25(24)19-12-11-18(33-5)13-23(19)34-6/h7-13,25,29H,14-15H2,1-6H3,(H,30,32)/t25-/m1/s1. The van der Waals surface area contributed by atoms with E-state index in [1.54, 1.807) is 20.3 Å². The molecule has 1 aliphatic heterocycles. The Labute approximate surface area is 201 Å². The quantitative estimate of drug-likeness (QED) is 0.637. The van der Waals surface area contributed by atoms with Gasteiger partial charge >= 0.3 is 0 Å². The molecular weight excluding hydrogens is 428 g/mol. The Hall–Kier alpha value is -3.54. The molecule has 1 aliphatic carbocycles. The number of rotatable bonds is 5. The zero-order chi connectivity index (χ0) is 24.6. The fraction of sp³-hybridized carbons (Fsp3) is 0.357. The molecule has 6 nitrogen and oxygen atoms in total. The number of amides is 1. The van der Waals surface area contributed by atoms with Crippen LogP contribution in [0, 0.1) is 12.3 Å². The van der Waals surface area contributed by atoms with Crippen molar-refractivity contribution in [2.75, 3.05) is 19.5 Å². The number of hydrogen-bond donors (Lipinski definition) is 2. The number of dihydropyridines is 1. The lowest BCUT2D eigenvalue weighted by Gasteiger charge is -2.40. The second kappa shape index (κ2) is 9.01. The minimum atomic E-state index is -0.551. The van der Waals surface area contributed by atoms with Gasteiger partial charge in [-0.15, -0.1) is 0 Å². The number of aryl methyl sites for hydroxylation is 1. The number of benzene rings is 2. The van der Waals surface area contributed by atoms with E-state index in [0.29, 0.717) is 29.1 Å². The first-order valence-electron chi connectivity index (χ1n) is 11.5. The van der Waals surface area contributed by atoms with E-state index in [-0.39, 0.29) is 17.1 Å². The molecule has 0 saturated carbocycles. The van der Waals surface area contributed by atoms with E-state index >= 15 is 0 Å². The highest BCUT2D eigenvalue weighted by atomic mass is 16.5. The molecule has 0 radical (unpaired) electrons. The summed E-state index contributed by atoms with van der Waals surface area (Å²) in [5, 5.41) is 6.47. The number of anilines is 1. The Kier molecular flexibility index (Phi) is 6.26. The van der Waals surface area contributed by atoms with Crippen LogP contribution < -0.4 is 20.1 Å². The van der Waals surface area contributed by atoms with E-state index in [9.17, 15) is 9.59 Å². The molecule has 0 fully saturated rings. The van der Waals surface area contributed by atoms with Crippen LogP contribution in [-0.2, 0) is 9.59 Å². The van der Waals surface area contributed by atoms with Gasteiger partial charge in [0.05, 0.1) is 20.1 Å². The van der Waals surface area contributed by atoms with Crippen LogP contribution in [0.4, 0.5) is 5.69 Å². The van der Waals surface area contributed by atoms with Gasteiger partial charge in [-0.05, 0) is 43.4 Å². The number of carbonyl (C=O) groups excluding carboxylic acids is 2. The molecule has 0 spiro atoms. The minimum Gasteiger partial charge on any atom is -0.497 e. The number of allylic oxidation sites excluding steroid dienone is 3. The first kappa shape index (κ1) is 23.6. The average molecular weight is 461 g/mol. The van der Waals surface area contributed by atoms with Crippen molar-refractivity contribution in [1.82, 2.24) is 5.32 Å². The third-order valence-corrected chi connectivity index (χ3v) is 6.63. The summed E-state index contributed by atoms with van der Waals surface area (Å²) in [6.45, 7) is 8.04. The molecule has 4 rings (SSSR count). The van der Waals surface area contributed by atoms with Crippen molar-refractivity contribution in [3.8, 4) is 11.5 Å². The Morgan fingerprint density at radius 2 is 1.79 bits per heavy atom. The molecule has 2 aromatic rings. The van der Waals surface area contributed by atoms with Crippen LogP contribution in [0.3, 0.4) is 0 Å². The molecule has 6 heteroatoms. The predicted octanol–water partition coefficient (Wildman–Crippen LogP) is 5.25. The van der Waals surface area contributed by atoms with Gasteiger partial charge in [-0.25, -0.2) is 0 Å². The third kappa shape index (κ3) is 4.32. The van der Waals surface area contributed by atoms with Gasteiger partial charge in [-0.1, -0.05) is 38.1 Å². The maximum absolute atomic E-state index is 13.7. The summed E-state index contributed by atoms with van der Waals surface area (Å²) in [6, 6.07) is 13.2. The van der Waals surface area contributed by atoms with Gasteiger partial charge in [0, 0.05) is 46.3 Å². The summed E-state index contributed by atoms with van der Waals surface area (Å²) < 4.78 is 11.1. The maximum atomic E-state index is 13.7. The number of ketones is 1. The molecule has 178 valence electrons. The minimum absolute atomic E-state index is 0.0512. The molecule has 0 aromatic heterocycles. The van der Waals surface area contributed by atoms with Gasteiger partial charge in [-0.3, -0.25) is 9.59 Å². The predicted molar refractivity (Wildman–Crippen MR) is 133 cm³/mol. The summed E-state index contributed by atoms with van der Waals surface area (Å²) in [5.74, 6) is 0.475. The van der Waals surface area contributed by atoms with Crippen molar-refractivity contribution in [3.63, 3.8) is 0 Å². The van der Waals surface area contributed by atoms with Crippen molar-refractivity contribution in [3.05, 3.63) is 76.1 Å². The van der Waals surface area contributed by atoms with Crippen LogP contribution in [-0.4, -0.2) is 25.9 Å². The molecule has 0 saturated heterocycles. The fourth-order valence-electron chi connectivity index (χ4n) is 5.01. The number of carbonyl (C=O) groups is 2. The van der Waals surface area contributed by atoms with E-state index in [2.05, 4.69) is 24.5 Å². The van der Waals surface area contributed by atoms with E-state index in [0.717, 1.165) is 34.6 Å². The number of nitrogens with one attached hydrogen (secondary N) is 2. The van der Waals surface area contributed by atoms with E-state index in [1.807, 2.05) is 50.2 Å². The number of Topliss-reactive ketones (excluding diaryl/α,β-unsaturated/α-hetero) is 1. The average Bonchev–Trinajstić information content (AvgIpc) is 2.78. The Balaban J connectivity index is 1.87. The normalized spacial score (nSPS) is 19.4. The highest BCUT2D eigenvalue weighted by molar-refractivity contribution is 6.10. The van der Waals surface area contributed by atoms with Crippen molar-refractivity contribution < 1.29 is 19.1 Å². The topological polar surface area (TPSA) is 76.7 Å². The van der Waals surface area contributed by atoms with E-state index in [4.69, 9.17) is 9.47 Å². The Bertz CT molecular complexity index is 1220. The number of ether oxygens (including phenoxy) is 2. The van der Waals surface area contributed by atoms with Crippen LogP contribution in [0.15, 0.2) is 65.0 Å². The lowest BCUT2D eigenvalue weighted by Crippen LogP contribution is -2.39. The first-order chi connectivity index (χ1) is 16.1. The van der Waals surface area contributed by atoms with Gasteiger partial charge in [0.2, 0.25) is 0 Å². The molecule has 0 bridgehead atoms. The number of hydrogen-bond acceptors (Lipinski definition) is 5. The monoisotopic (exact) mass is 460 g/mol. The second-order valence-electron chi connectivity index (χ2n) is 9.81. The smallest absolute Gasteiger partial charge is 0.254 e. The third-order valence-electron chi connectivity index (χ3n) is 6.63. The molecule has 2 aromatic carbocycles. The fourth-order valence-corrected chi connectivity index (χ4v) is 5.01. The summed E-state index contributed by atoms with van der Waals surface area (Å²) in [6.07, 6.45) is 1.15. The summed E-state index contributed by atoms with van der Waals surface area (Å²) in [4.78, 5) is 27.3. The van der Waals surface area contributed by atoms with Crippen LogP contribution in [0.5, 0.6) is 11.5 Å². The van der Waals surface area contributed by atoms with Gasteiger partial charge in [0.1, 0.15) is 11.5 Å². The Morgan fingerprint density at radius 1 is 1.06 bits per heavy atom. The van der Waals surface area contributed by atoms with Crippen molar-refractivity contribution >= 4 is 17.4 Å². The molecule has 34 heavy (non-hydrogen) atoms. The highest BCUT2D eigenvalue weighted by Crippen LogP contribution is 2.49. The van der Waals surface area contributed by atoms with Crippen molar-refractivity contribution in [1.29, 1.82) is 0 Å². The van der Waals surface area contributed by atoms with Gasteiger partial charge in [0.15, 0.2) is 5.78 Å². The lowest BCUT2D eigenvalue weighted by molar-refractivity contribution is -0.118. The second-order valence-corrected chi connectivity index (χ2v) is 9.81. The lowest BCUT2D eigenvalue weighted by atomic mass is 9.68. The number of methoxy groups -OCH3 is 2. The summed E-state index contributed by atoms with van der Waals surface area (Å²) in [7, 11) is 3.18. The summed E-state index contributed by atoms with van der Waals surface area (Å²) >= 11 is 0. The van der Waals surface area contributed by atoms with Gasteiger partial charge < -0.3 is 20.1 Å². The van der Waals surface area contributed by atoms with Crippen molar-refractivity contribution in [2.24, 2.45) is 5.41 Å². The van der Waals surface area contributed by atoms with E-state index < -0.39 is 5.92 Å². The van der Waals surface area contributed by atoms with Gasteiger partial charge in [-0.2, -0.15) is 0 Å². The Morgan fingerprint density at radius 3 is 2.47 bits per heavy atom. The van der Waals surface area contributed by atoms with Gasteiger partial charge in [0.25, 0.3) is 5.91 Å². The van der Waals surface area contributed by atoms with Crippen LogP contribution in [0.25, 0.3) is 0 Å². The largest absolute Gasteiger partial charge is 0.497 e. The molecule has 2 N–H and O–H groups in total. The molecule has 0 unspecified atom stereocenters. The SMILES string of the molecule is COc1ccc([C@@H]2C(C(=O)Nc3ccccc3C)=C(C)NC3=C2C(=O)CC(C)(C)C3)c(OC)c1. The zero-order valence-corrected chi connectivity index (χ0v) is 20.7.